The average molecular weight is 361 g/mol. The van der Waals surface area contributed by atoms with Crippen LogP contribution in [0.1, 0.15) is 44.2 Å². The molecule has 0 saturated carbocycles. The molecule has 26 heavy (non-hydrogen) atoms. The van der Waals surface area contributed by atoms with E-state index in [1.165, 1.54) is 5.56 Å². The van der Waals surface area contributed by atoms with Crippen molar-refractivity contribution in [3.63, 3.8) is 0 Å². The van der Waals surface area contributed by atoms with Crippen LogP contribution < -0.4 is 5.32 Å². The molecule has 0 aromatic heterocycles. The summed E-state index contributed by atoms with van der Waals surface area (Å²) >= 11 is 0. The average Bonchev–Trinajstić information content (AvgIpc) is 2.61. The summed E-state index contributed by atoms with van der Waals surface area (Å²) in [7, 11) is 0. The molecule has 1 saturated heterocycles. The van der Waals surface area contributed by atoms with Crippen molar-refractivity contribution in [1.29, 1.82) is 0 Å². The van der Waals surface area contributed by atoms with E-state index in [1.807, 2.05) is 0 Å². The van der Waals surface area contributed by atoms with Crippen molar-refractivity contribution in [3.8, 4) is 0 Å². The number of carboxylic acids is 1. The molecule has 5 nitrogen and oxygen atoms in total. The summed E-state index contributed by atoms with van der Waals surface area (Å²) < 4.78 is 5.29. The lowest BCUT2D eigenvalue weighted by Gasteiger charge is -2.27. The van der Waals surface area contributed by atoms with Crippen LogP contribution in [0, 0.1) is 17.8 Å². The van der Waals surface area contributed by atoms with Gasteiger partial charge >= 0.3 is 5.97 Å². The van der Waals surface area contributed by atoms with Gasteiger partial charge in [-0.05, 0) is 48.6 Å². The SMILES string of the molecule is CC(C)Cc1ccc(CCC(=O)NCC(C(=O)O)C2CCOCC2)cc1. The van der Waals surface area contributed by atoms with E-state index >= 15 is 0 Å². The van der Waals surface area contributed by atoms with Gasteiger partial charge in [0.25, 0.3) is 0 Å². The van der Waals surface area contributed by atoms with Crippen LogP contribution in [0.4, 0.5) is 0 Å². The van der Waals surface area contributed by atoms with Crippen LogP contribution in [0.15, 0.2) is 24.3 Å². The first-order chi connectivity index (χ1) is 12.5. The molecular formula is C21H31NO4. The second-order valence-electron chi connectivity index (χ2n) is 7.61. The number of hydrogen-bond donors (Lipinski definition) is 2. The lowest BCUT2D eigenvalue weighted by molar-refractivity contribution is -0.144. The fourth-order valence-electron chi connectivity index (χ4n) is 3.46. The Balaban J connectivity index is 1.76. The normalized spacial score (nSPS) is 16.4. The van der Waals surface area contributed by atoms with Gasteiger partial charge in [0.05, 0.1) is 5.92 Å². The molecule has 5 heteroatoms. The number of amides is 1. The second kappa shape index (κ2) is 10.3. The maximum atomic E-state index is 12.1. The standard InChI is InChI=1S/C21H31NO4/c1-15(2)13-17-5-3-16(4-6-17)7-8-20(23)22-14-19(21(24)25)18-9-11-26-12-10-18/h3-6,15,18-19H,7-14H2,1-2H3,(H,22,23)(H,24,25). The van der Waals surface area contributed by atoms with Gasteiger partial charge in [-0.25, -0.2) is 0 Å². The minimum Gasteiger partial charge on any atom is -0.481 e. The predicted molar refractivity (Wildman–Crippen MR) is 101 cm³/mol. The molecule has 1 aromatic carbocycles. The van der Waals surface area contributed by atoms with Crippen LogP contribution in [0.25, 0.3) is 0 Å². The summed E-state index contributed by atoms with van der Waals surface area (Å²) in [4.78, 5) is 23.6. The molecule has 0 radical (unpaired) electrons. The first-order valence-corrected chi connectivity index (χ1v) is 9.60. The monoisotopic (exact) mass is 361 g/mol. The summed E-state index contributed by atoms with van der Waals surface area (Å²) in [6, 6.07) is 8.40. The fraction of sp³-hybridized carbons (Fsp3) is 0.619. The van der Waals surface area contributed by atoms with Crippen molar-refractivity contribution in [2.75, 3.05) is 19.8 Å². The Kier molecular flexibility index (Phi) is 8.10. The number of ether oxygens (including phenoxy) is 1. The van der Waals surface area contributed by atoms with Gasteiger partial charge in [0.2, 0.25) is 5.91 Å². The number of nitrogens with one attached hydrogen (secondary N) is 1. The Morgan fingerprint density at radius 1 is 1.15 bits per heavy atom. The van der Waals surface area contributed by atoms with Crippen LogP contribution in [-0.2, 0) is 27.2 Å². The molecule has 1 aliphatic rings. The zero-order valence-electron chi connectivity index (χ0n) is 15.9. The highest BCUT2D eigenvalue weighted by molar-refractivity contribution is 5.77. The van der Waals surface area contributed by atoms with E-state index in [4.69, 9.17) is 4.74 Å². The van der Waals surface area contributed by atoms with Gasteiger partial charge < -0.3 is 15.2 Å². The van der Waals surface area contributed by atoms with E-state index in [1.54, 1.807) is 0 Å². The number of rotatable bonds is 9. The van der Waals surface area contributed by atoms with Gasteiger partial charge in [-0.3, -0.25) is 9.59 Å². The Morgan fingerprint density at radius 2 is 1.77 bits per heavy atom. The van der Waals surface area contributed by atoms with Gasteiger partial charge in [-0.2, -0.15) is 0 Å². The number of aliphatic carboxylic acids is 1. The van der Waals surface area contributed by atoms with Crippen molar-refractivity contribution >= 4 is 11.9 Å². The van der Waals surface area contributed by atoms with Gasteiger partial charge in [0, 0.05) is 26.2 Å². The summed E-state index contributed by atoms with van der Waals surface area (Å²) in [5.74, 6) is -0.745. The third kappa shape index (κ3) is 6.79. The highest BCUT2D eigenvalue weighted by atomic mass is 16.5. The minimum absolute atomic E-state index is 0.0788. The predicted octanol–water partition coefficient (Wildman–Crippen LogP) is 3.06. The maximum Gasteiger partial charge on any atom is 0.308 e. The van der Waals surface area contributed by atoms with Crippen molar-refractivity contribution in [1.82, 2.24) is 5.32 Å². The number of carbonyl (C=O) groups is 2. The molecule has 144 valence electrons. The molecule has 1 fully saturated rings. The summed E-state index contributed by atoms with van der Waals surface area (Å²) in [5.41, 5.74) is 2.45. The molecule has 2 rings (SSSR count). The molecule has 1 aliphatic heterocycles. The first kappa shape index (κ1) is 20.4. The summed E-state index contributed by atoms with van der Waals surface area (Å²) in [5, 5.41) is 12.3. The Labute approximate surface area is 156 Å². The van der Waals surface area contributed by atoms with E-state index in [9.17, 15) is 14.7 Å². The number of hydrogen-bond acceptors (Lipinski definition) is 3. The van der Waals surface area contributed by atoms with Gasteiger partial charge in [-0.15, -0.1) is 0 Å². The molecule has 0 aliphatic carbocycles. The van der Waals surface area contributed by atoms with Gasteiger partial charge in [0.1, 0.15) is 0 Å². The maximum absolute atomic E-state index is 12.1. The highest BCUT2D eigenvalue weighted by Crippen LogP contribution is 2.23. The molecule has 0 spiro atoms. The Morgan fingerprint density at radius 3 is 2.35 bits per heavy atom. The van der Waals surface area contributed by atoms with Crippen molar-refractivity contribution in [2.45, 2.75) is 46.0 Å². The van der Waals surface area contributed by atoms with Crippen LogP contribution in [0.3, 0.4) is 0 Å². The number of benzene rings is 1. The Bertz CT molecular complexity index is 576. The molecule has 1 heterocycles. The summed E-state index contributed by atoms with van der Waals surface area (Å²) in [6.45, 7) is 5.81. The molecule has 1 amide bonds. The third-order valence-corrected chi connectivity index (χ3v) is 4.98. The van der Waals surface area contributed by atoms with Gasteiger partial charge in [0.15, 0.2) is 0 Å². The second-order valence-corrected chi connectivity index (χ2v) is 7.61. The third-order valence-electron chi connectivity index (χ3n) is 4.98. The number of carbonyl (C=O) groups excluding carboxylic acids is 1. The quantitative estimate of drug-likeness (QED) is 0.709. The first-order valence-electron chi connectivity index (χ1n) is 9.60. The molecule has 1 unspecified atom stereocenters. The zero-order chi connectivity index (χ0) is 18.9. The van der Waals surface area contributed by atoms with Crippen molar-refractivity contribution < 1.29 is 19.4 Å². The lowest BCUT2D eigenvalue weighted by atomic mass is 9.86. The molecule has 2 N–H and O–H groups in total. The van der Waals surface area contributed by atoms with Crippen LogP contribution >= 0.6 is 0 Å². The minimum atomic E-state index is -0.835. The smallest absolute Gasteiger partial charge is 0.308 e. The van der Waals surface area contributed by atoms with Crippen LogP contribution in [-0.4, -0.2) is 36.7 Å². The van der Waals surface area contributed by atoms with E-state index in [0.717, 1.165) is 24.8 Å². The molecular weight excluding hydrogens is 330 g/mol. The highest BCUT2D eigenvalue weighted by Gasteiger charge is 2.29. The van der Waals surface area contributed by atoms with Gasteiger partial charge in [-0.1, -0.05) is 38.1 Å². The van der Waals surface area contributed by atoms with E-state index in [-0.39, 0.29) is 18.4 Å². The van der Waals surface area contributed by atoms with Crippen LogP contribution in [0.2, 0.25) is 0 Å². The summed E-state index contributed by atoms with van der Waals surface area (Å²) in [6.07, 6.45) is 3.60. The van der Waals surface area contributed by atoms with Crippen molar-refractivity contribution in [3.05, 3.63) is 35.4 Å². The zero-order valence-corrected chi connectivity index (χ0v) is 15.9. The van der Waals surface area contributed by atoms with E-state index in [2.05, 4.69) is 43.4 Å². The number of aryl methyl sites for hydroxylation is 1. The largest absolute Gasteiger partial charge is 0.481 e. The van der Waals surface area contributed by atoms with E-state index in [0.29, 0.717) is 32.0 Å². The van der Waals surface area contributed by atoms with Crippen LogP contribution in [0.5, 0.6) is 0 Å². The topological polar surface area (TPSA) is 75.6 Å². The molecule has 1 atom stereocenters. The fourth-order valence-corrected chi connectivity index (χ4v) is 3.46. The van der Waals surface area contributed by atoms with E-state index < -0.39 is 11.9 Å². The molecule has 1 aromatic rings. The Hall–Kier alpha value is -1.88. The molecule has 0 bridgehead atoms. The lowest BCUT2D eigenvalue weighted by Crippen LogP contribution is -2.39. The van der Waals surface area contributed by atoms with Crippen molar-refractivity contribution in [2.24, 2.45) is 17.8 Å². The number of carboxylic acid groups (broad SMARTS) is 1.